The van der Waals surface area contributed by atoms with E-state index >= 15 is 0 Å². The number of carbonyl (C=O) groups excluding carboxylic acids is 1. The van der Waals surface area contributed by atoms with E-state index in [1.54, 1.807) is 18.7 Å². The molecule has 0 atom stereocenters. The van der Waals surface area contributed by atoms with Crippen molar-refractivity contribution in [2.75, 3.05) is 44.2 Å². The fourth-order valence-corrected chi connectivity index (χ4v) is 4.53. The first-order chi connectivity index (χ1) is 12.2. The minimum atomic E-state index is -3.77. The number of benzene rings is 1. The fourth-order valence-electron chi connectivity index (χ4n) is 3.05. The number of anilines is 1. The summed E-state index contributed by atoms with van der Waals surface area (Å²) in [6, 6.07) is 4.02. The number of sulfonamides is 1. The summed E-state index contributed by atoms with van der Waals surface area (Å²) in [5, 5.41) is 11.5. The van der Waals surface area contributed by atoms with Crippen LogP contribution in [0, 0.1) is 10.1 Å². The van der Waals surface area contributed by atoms with E-state index in [1.165, 1.54) is 23.4 Å². The van der Waals surface area contributed by atoms with Crippen LogP contribution in [-0.4, -0.2) is 67.7 Å². The van der Waals surface area contributed by atoms with Gasteiger partial charge in [-0.2, -0.15) is 4.31 Å². The number of hydrogen-bond donors (Lipinski definition) is 0. The van der Waals surface area contributed by atoms with Gasteiger partial charge in [-0.15, -0.1) is 0 Å². The molecule has 0 spiro atoms. The standard InChI is InChI=1S/C16H24N4O5S/c1-4-19(5-2)26(24,25)14-6-7-15(16(12-14)20(22)23)18-10-8-17(9-11-18)13(3)21/h6-7,12H,4-5,8-11H2,1-3H3. The summed E-state index contributed by atoms with van der Waals surface area (Å²) in [5.41, 5.74) is 0.131. The molecule has 10 heteroatoms. The lowest BCUT2D eigenvalue weighted by Crippen LogP contribution is -2.48. The average molecular weight is 384 g/mol. The molecule has 1 saturated heterocycles. The predicted octanol–water partition coefficient (Wildman–Crippen LogP) is 1.29. The Labute approximate surface area is 153 Å². The lowest BCUT2D eigenvalue weighted by atomic mass is 10.2. The molecule has 1 amide bonds. The van der Waals surface area contributed by atoms with Crippen LogP contribution < -0.4 is 4.90 Å². The Morgan fingerprint density at radius 2 is 1.77 bits per heavy atom. The van der Waals surface area contributed by atoms with Crippen molar-refractivity contribution in [3.63, 3.8) is 0 Å². The smallest absolute Gasteiger partial charge is 0.293 e. The molecule has 1 aliphatic rings. The van der Waals surface area contributed by atoms with Crippen LogP contribution in [0.2, 0.25) is 0 Å². The Bertz CT molecular complexity index is 784. The van der Waals surface area contributed by atoms with E-state index in [4.69, 9.17) is 0 Å². The third-order valence-electron chi connectivity index (χ3n) is 4.55. The number of carbonyl (C=O) groups is 1. The van der Waals surface area contributed by atoms with E-state index < -0.39 is 14.9 Å². The number of piperazine rings is 1. The molecule has 0 N–H and O–H groups in total. The molecule has 0 aliphatic carbocycles. The molecular formula is C16H24N4O5S. The third kappa shape index (κ3) is 3.96. The molecular weight excluding hydrogens is 360 g/mol. The summed E-state index contributed by atoms with van der Waals surface area (Å²) in [6.07, 6.45) is 0. The van der Waals surface area contributed by atoms with Crippen molar-refractivity contribution in [1.29, 1.82) is 0 Å². The van der Waals surface area contributed by atoms with Crippen LogP contribution in [0.25, 0.3) is 0 Å². The molecule has 0 unspecified atom stereocenters. The van der Waals surface area contributed by atoms with Gasteiger partial charge >= 0.3 is 0 Å². The summed E-state index contributed by atoms with van der Waals surface area (Å²) in [7, 11) is -3.77. The largest absolute Gasteiger partial charge is 0.362 e. The summed E-state index contributed by atoms with van der Waals surface area (Å²) in [4.78, 5) is 25.8. The first kappa shape index (κ1) is 20.1. The first-order valence-electron chi connectivity index (χ1n) is 8.51. The highest BCUT2D eigenvalue weighted by atomic mass is 32.2. The maximum Gasteiger partial charge on any atom is 0.293 e. The number of nitrogens with zero attached hydrogens (tertiary/aromatic N) is 4. The van der Waals surface area contributed by atoms with Gasteiger partial charge in [0.15, 0.2) is 0 Å². The van der Waals surface area contributed by atoms with Gasteiger partial charge in [0, 0.05) is 52.3 Å². The molecule has 0 aromatic heterocycles. The molecule has 1 aromatic carbocycles. The van der Waals surface area contributed by atoms with Crippen LogP contribution in [-0.2, 0) is 14.8 Å². The molecule has 1 heterocycles. The van der Waals surface area contributed by atoms with Crippen molar-refractivity contribution >= 4 is 27.3 Å². The molecule has 2 rings (SSSR count). The van der Waals surface area contributed by atoms with E-state index in [0.29, 0.717) is 45.0 Å². The number of hydrogen-bond acceptors (Lipinski definition) is 6. The first-order valence-corrected chi connectivity index (χ1v) is 9.95. The van der Waals surface area contributed by atoms with E-state index in [9.17, 15) is 23.3 Å². The number of rotatable bonds is 6. The van der Waals surface area contributed by atoms with Gasteiger partial charge in [-0.1, -0.05) is 13.8 Å². The molecule has 9 nitrogen and oxygen atoms in total. The molecule has 0 bridgehead atoms. The Morgan fingerprint density at radius 1 is 1.19 bits per heavy atom. The van der Waals surface area contributed by atoms with Crippen molar-refractivity contribution in [1.82, 2.24) is 9.21 Å². The Hall–Kier alpha value is -2.20. The predicted molar refractivity (Wildman–Crippen MR) is 97.7 cm³/mol. The molecule has 144 valence electrons. The van der Waals surface area contributed by atoms with Gasteiger partial charge in [-0.25, -0.2) is 8.42 Å². The van der Waals surface area contributed by atoms with Crippen LogP contribution in [0.1, 0.15) is 20.8 Å². The average Bonchev–Trinajstić information content (AvgIpc) is 2.62. The van der Waals surface area contributed by atoms with Crippen molar-refractivity contribution in [3.05, 3.63) is 28.3 Å². The third-order valence-corrected chi connectivity index (χ3v) is 6.60. The van der Waals surface area contributed by atoms with Crippen LogP contribution in [0.5, 0.6) is 0 Å². The second kappa shape index (κ2) is 8.00. The number of nitro benzene ring substituents is 1. The van der Waals surface area contributed by atoms with E-state index in [2.05, 4.69) is 0 Å². The van der Waals surface area contributed by atoms with Crippen LogP contribution in [0.3, 0.4) is 0 Å². The van der Waals surface area contributed by atoms with E-state index in [-0.39, 0.29) is 16.5 Å². The maximum atomic E-state index is 12.6. The van der Waals surface area contributed by atoms with Gasteiger partial charge in [0.25, 0.3) is 5.69 Å². The van der Waals surface area contributed by atoms with E-state index in [1.807, 2.05) is 4.90 Å². The second-order valence-electron chi connectivity index (χ2n) is 5.99. The van der Waals surface area contributed by atoms with Gasteiger partial charge < -0.3 is 9.80 Å². The quantitative estimate of drug-likeness (QED) is 0.541. The number of amides is 1. The lowest BCUT2D eigenvalue weighted by Gasteiger charge is -2.35. The molecule has 1 aromatic rings. The van der Waals surface area contributed by atoms with E-state index in [0.717, 1.165) is 6.07 Å². The molecule has 26 heavy (non-hydrogen) atoms. The Morgan fingerprint density at radius 3 is 2.23 bits per heavy atom. The fraction of sp³-hybridized carbons (Fsp3) is 0.562. The van der Waals surface area contributed by atoms with Gasteiger partial charge in [0.05, 0.1) is 9.82 Å². The monoisotopic (exact) mass is 384 g/mol. The molecule has 1 aliphatic heterocycles. The summed E-state index contributed by atoms with van der Waals surface area (Å²) in [5.74, 6) is -0.0280. The normalized spacial score (nSPS) is 15.4. The molecule has 1 fully saturated rings. The van der Waals surface area contributed by atoms with Crippen LogP contribution in [0.4, 0.5) is 11.4 Å². The minimum Gasteiger partial charge on any atom is -0.362 e. The molecule has 0 saturated carbocycles. The van der Waals surface area contributed by atoms with Crippen LogP contribution >= 0.6 is 0 Å². The van der Waals surface area contributed by atoms with Gasteiger partial charge in [-0.3, -0.25) is 14.9 Å². The zero-order chi connectivity index (χ0) is 19.5. The SMILES string of the molecule is CCN(CC)S(=O)(=O)c1ccc(N2CCN(C(C)=O)CC2)c([N+](=O)[O-])c1. The zero-order valence-corrected chi connectivity index (χ0v) is 16.0. The summed E-state index contributed by atoms with van der Waals surface area (Å²) >= 11 is 0. The van der Waals surface area contributed by atoms with Gasteiger partial charge in [-0.05, 0) is 12.1 Å². The topological polar surface area (TPSA) is 104 Å². The van der Waals surface area contributed by atoms with Crippen molar-refractivity contribution in [2.24, 2.45) is 0 Å². The maximum absolute atomic E-state index is 12.6. The van der Waals surface area contributed by atoms with Gasteiger partial charge in [0.1, 0.15) is 5.69 Å². The van der Waals surface area contributed by atoms with Crippen molar-refractivity contribution < 1.29 is 18.1 Å². The van der Waals surface area contributed by atoms with Gasteiger partial charge in [0.2, 0.25) is 15.9 Å². The number of nitro groups is 1. The highest BCUT2D eigenvalue weighted by molar-refractivity contribution is 7.89. The lowest BCUT2D eigenvalue weighted by molar-refractivity contribution is -0.384. The Balaban J connectivity index is 2.36. The van der Waals surface area contributed by atoms with Crippen molar-refractivity contribution in [3.8, 4) is 0 Å². The zero-order valence-electron chi connectivity index (χ0n) is 15.2. The summed E-state index contributed by atoms with van der Waals surface area (Å²) in [6.45, 7) is 7.40. The summed E-state index contributed by atoms with van der Waals surface area (Å²) < 4.78 is 26.5. The van der Waals surface area contributed by atoms with Crippen molar-refractivity contribution in [2.45, 2.75) is 25.7 Å². The molecule has 0 radical (unpaired) electrons. The van der Waals surface area contributed by atoms with Crippen LogP contribution in [0.15, 0.2) is 23.1 Å². The highest BCUT2D eigenvalue weighted by Gasteiger charge is 2.29. The Kier molecular flexibility index (Phi) is 6.19. The highest BCUT2D eigenvalue weighted by Crippen LogP contribution is 2.32. The minimum absolute atomic E-state index is 0.0280. The second-order valence-corrected chi connectivity index (χ2v) is 7.93.